The number of aliphatic hydroxyl groups excluding tert-OH is 1. The van der Waals surface area contributed by atoms with Gasteiger partial charge in [-0.3, -0.25) is 0 Å². The number of carbonyl (C=O) groups excluding carboxylic acids is 1. The van der Waals surface area contributed by atoms with E-state index < -0.39 is 0 Å². The van der Waals surface area contributed by atoms with Gasteiger partial charge in [-0.15, -0.1) is 0 Å². The highest BCUT2D eigenvalue weighted by atomic mass is 32.2. The largest absolute Gasteiger partial charge is 0.394 e. The number of thioether (sulfide) groups is 1. The van der Waals surface area contributed by atoms with Gasteiger partial charge in [-0.1, -0.05) is 24.3 Å². The van der Waals surface area contributed by atoms with Gasteiger partial charge in [0.25, 0.3) is 0 Å². The van der Waals surface area contributed by atoms with Crippen molar-refractivity contribution in [1.29, 1.82) is 0 Å². The Hall–Kier alpha value is -1.20. The molecule has 0 saturated carbocycles. The van der Waals surface area contributed by atoms with Gasteiger partial charge in [0.05, 0.1) is 12.6 Å². The second-order valence-electron chi connectivity index (χ2n) is 5.15. The third kappa shape index (κ3) is 3.27. The van der Waals surface area contributed by atoms with E-state index in [0.717, 1.165) is 17.7 Å². The minimum absolute atomic E-state index is 0.0403. The molecule has 0 saturated heterocycles. The Bertz CT molecular complexity index is 467. The van der Waals surface area contributed by atoms with Crippen LogP contribution in [0.3, 0.4) is 0 Å². The summed E-state index contributed by atoms with van der Waals surface area (Å²) in [6.07, 6.45) is 2.87. The molecule has 20 heavy (non-hydrogen) atoms. The molecular formula is C15H22N2O2S. The molecule has 110 valence electrons. The van der Waals surface area contributed by atoms with Gasteiger partial charge in [-0.05, 0) is 30.7 Å². The lowest BCUT2D eigenvalue weighted by Gasteiger charge is -2.37. The van der Waals surface area contributed by atoms with Crippen LogP contribution in [0.1, 0.15) is 24.1 Å². The van der Waals surface area contributed by atoms with Crippen molar-refractivity contribution in [2.75, 3.05) is 25.2 Å². The van der Waals surface area contributed by atoms with Crippen LogP contribution in [0.15, 0.2) is 24.3 Å². The Morgan fingerprint density at radius 3 is 3.00 bits per heavy atom. The number of carbonyl (C=O) groups is 1. The number of hydrogen-bond acceptors (Lipinski definition) is 3. The first-order valence-corrected chi connectivity index (χ1v) is 8.31. The van der Waals surface area contributed by atoms with E-state index >= 15 is 0 Å². The van der Waals surface area contributed by atoms with Gasteiger partial charge in [0, 0.05) is 18.3 Å². The third-order valence-corrected chi connectivity index (χ3v) is 4.47. The third-order valence-electron chi connectivity index (χ3n) is 3.63. The number of nitrogens with one attached hydrogen (secondary N) is 1. The molecule has 1 aliphatic heterocycles. The molecule has 0 unspecified atom stereocenters. The zero-order chi connectivity index (χ0) is 14.5. The normalized spacial score (nSPS) is 19.4. The first kappa shape index (κ1) is 15.2. The molecule has 1 aliphatic rings. The summed E-state index contributed by atoms with van der Waals surface area (Å²) >= 11 is 1.71. The second kappa shape index (κ2) is 6.99. The summed E-state index contributed by atoms with van der Waals surface area (Å²) in [6.45, 7) is 2.61. The molecular weight excluding hydrogens is 272 g/mol. The molecule has 2 amide bonds. The van der Waals surface area contributed by atoms with Crippen molar-refractivity contribution in [1.82, 2.24) is 10.2 Å². The van der Waals surface area contributed by atoms with Crippen LogP contribution in [0.25, 0.3) is 0 Å². The van der Waals surface area contributed by atoms with Crippen molar-refractivity contribution in [2.45, 2.75) is 25.4 Å². The van der Waals surface area contributed by atoms with Crippen LogP contribution in [-0.4, -0.2) is 47.2 Å². The highest BCUT2D eigenvalue weighted by Gasteiger charge is 2.30. The average Bonchev–Trinajstić information content (AvgIpc) is 2.46. The summed E-state index contributed by atoms with van der Waals surface area (Å²) in [6, 6.07) is 7.85. The molecule has 0 spiro atoms. The quantitative estimate of drug-likeness (QED) is 0.893. The van der Waals surface area contributed by atoms with Gasteiger partial charge in [0.15, 0.2) is 0 Å². The number of fused-ring (bicyclic) bond motifs is 1. The van der Waals surface area contributed by atoms with Crippen LogP contribution in [0.4, 0.5) is 4.79 Å². The maximum Gasteiger partial charge on any atom is 0.318 e. The molecule has 0 aromatic heterocycles. The Morgan fingerprint density at radius 1 is 1.55 bits per heavy atom. The smallest absolute Gasteiger partial charge is 0.318 e. The van der Waals surface area contributed by atoms with E-state index in [4.69, 9.17) is 0 Å². The van der Waals surface area contributed by atoms with E-state index in [-0.39, 0.29) is 24.7 Å². The maximum atomic E-state index is 12.4. The Labute approximate surface area is 124 Å². The predicted molar refractivity (Wildman–Crippen MR) is 83.1 cm³/mol. The zero-order valence-electron chi connectivity index (χ0n) is 12.0. The molecule has 2 rings (SSSR count). The topological polar surface area (TPSA) is 52.6 Å². The summed E-state index contributed by atoms with van der Waals surface area (Å²) in [5.41, 5.74) is 2.29. The molecule has 0 radical (unpaired) electrons. The number of amides is 2. The Kier molecular flexibility index (Phi) is 5.31. The van der Waals surface area contributed by atoms with E-state index in [9.17, 15) is 9.90 Å². The molecule has 1 heterocycles. The summed E-state index contributed by atoms with van der Waals surface area (Å²) in [7, 11) is 0. The van der Waals surface area contributed by atoms with Gasteiger partial charge in [0.1, 0.15) is 0 Å². The SMILES string of the molecule is CSC[C@@H](C)NC(=O)N1CCc2ccccc2[C@@H]1CO. The molecule has 0 fully saturated rings. The summed E-state index contributed by atoms with van der Waals surface area (Å²) in [5.74, 6) is 0.889. The van der Waals surface area contributed by atoms with Gasteiger partial charge in [-0.2, -0.15) is 11.8 Å². The van der Waals surface area contributed by atoms with E-state index in [2.05, 4.69) is 11.4 Å². The zero-order valence-corrected chi connectivity index (χ0v) is 12.8. The predicted octanol–water partition coefficient (Wildman–Crippen LogP) is 2.04. The van der Waals surface area contributed by atoms with E-state index in [0.29, 0.717) is 6.54 Å². The van der Waals surface area contributed by atoms with E-state index in [1.807, 2.05) is 31.4 Å². The van der Waals surface area contributed by atoms with Crippen molar-refractivity contribution in [3.63, 3.8) is 0 Å². The minimum Gasteiger partial charge on any atom is -0.394 e. The molecule has 1 aromatic carbocycles. The molecule has 2 N–H and O–H groups in total. The number of nitrogens with zero attached hydrogens (tertiary/aromatic N) is 1. The van der Waals surface area contributed by atoms with Crippen LogP contribution in [0.2, 0.25) is 0 Å². The lowest BCUT2D eigenvalue weighted by molar-refractivity contribution is 0.125. The fourth-order valence-electron chi connectivity index (χ4n) is 2.68. The Balaban J connectivity index is 2.11. The average molecular weight is 294 g/mol. The number of rotatable bonds is 4. The van der Waals surface area contributed by atoms with Crippen molar-refractivity contribution < 1.29 is 9.90 Å². The summed E-state index contributed by atoms with van der Waals surface area (Å²) in [5, 5.41) is 12.7. The monoisotopic (exact) mass is 294 g/mol. The standard InChI is InChI=1S/C15H22N2O2S/c1-11(10-20-2)16-15(19)17-8-7-12-5-3-4-6-13(12)14(17)9-18/h3-6,11,14,18H,7-10H2,1-2H3,(H,16,19)/t11-,14+/m1/s1. The molecule has 1 aromatic rings. The number of hydrogen-bond donors (Lipinski definition) is 2. The lowest BCUT2D eigenvalue weighted by atomic mass is 9.93. The molecule has 4 nitrogen and oxygen atoms in total. The van der Waals surface area contributed by atoms with Crippen LogP contribution in [-0.2, 0) is 6.42 Å². The van der Waals surface area contributed by atoms with Crippen LogP contribution >= 0.6 is 11.8 Å². The molecule has 0 aliphatic carbocycles. The van der Waals surface area contributed by atoms with Crippen molar-refractivity contribution in [2.24, 2.45) is 0 Å². The second-order valence-corrected chi connectivity index (χ2v) is 6.06. The number of urea groups is 1. The summed E-state index contributed by atoms with van der Waals surface area (Å²) in [4.78, 5) is 14.1. The number of benzene rings is 1. The van der Waals surface area contributed by atoms with Crippen molar-refractivity contribution in [3.8, 4) is 0 Å². The molecule has 2 atom stereocenters. The van der Waals surface area contributed by atoms with Gasteiger partial charge in [-0.25, -0.2) is 4.79 Å². The van der Waals surface area contributed by atoms with Crippen LogP contribution in [0.5, 0.6) is 0 Å². The van der Waals surface area contributed by atoms with Crippen LogP contribution < -0.4 is 5.32 Å². The maximum absolute atomic E-state index is 12.4. The molecule has 0 bridgehead atoms. The highest BCUT2D eigenvalue weighted by molar-refractivity contribution is 7.98. The van der Waals surface area contributed by atoms with Crippen molar-refractivity contribution >= 4 is 17.8 Å². The fraction of sp³-hybridized carbons (Fsp3) is 0.533. The van der Waals surface area contributed by atoms with E-state index in [1.165, 1.54) is 5.56 Å². The minimum atomic E-state index is -0.235. The lowest BCUT2D eigenvalue weighted by Crippen LogP contribution is -2.49. The van der Waals surface area contributed by atoms with Gasteiger partial charge < -0.3 is 15.3 Å². The fourth-order valence-corrected chi connectivity index (χ4v) is 3.26. The van der Waals surface area contributed by atoms with Gasteiger partial charge in [0.2, 0.25) is 0 Å². The highest BCUT2D eigenvalue weighted by Crippen LogP contribution is 2.29. The Morgan fingerprint density at radius 2 is 2.30 bits per heavy atom. The molecule has 5 heteroatoms. The van der Waals surface area contributed by atoms with Crippen LogP contribution in [0, 0.1) is 0 Å². The van der Waals surface area contributed by atoms with Gasteiger partial charge >= 0.3 is 6.03 Å². The van der Waals surface area contributed by atoms with E-state index in [1.54, 1.807) is 16.7 Å². The summed E-state index contributed by atoms with van der Waals surface area (Å²) < 4.78 is 0. The first-order chi connectivity index (χ1) is 9.67. The van der Waals surface area contributed by atoms with Crippen molar-refractivity contribution in [3.05, 3.63) is 35.4 Å². The number of aliphatic hydroxyl groups is 1. The first-order valence-electron chi connectivity index (χ1n) is 6.92.